The molecule has 0 aromatic heterocycles. The zero-order valence-corrected chi connectivity index (χ0v) is 13.4. The van der Waals surface area contributed by atoms with Gasteiger partial charge in [0.25, 0.3) is 0 Å². The molecule has 0 saturated carbocycles. The van der Waals surface area contributed by atoms with E-state index in [1.807, 2.05) is 30.3 Å². The van der Waals surface area contributed by atoms with Gasteiger partial charge in [-0.3, -0.25) is 4.79 Å². The van der Waals surface area contributed by atoms with Crippen LogP contribution in [0.5, 0.6) is 0 Å². The first kappa shape index (κ1) is 17.1. The van der Waals surface area contributed by atoms with E-state index in [4.69, 9.17) is 0 Å². The van der Waals surface area contributed by atoms with Gasteiger partial charge in [0.15, 0.2) is 0 Å². The Morgan fingerprint density at radius 3 is 2.57 bits per heavy atom. The van der Waals surface area contributed by atoms with Crippen molar-refractivity contribution in [2.45, 2.75) is 38.6 Å². The predicted octanol–water partition coefficient (Wildman–Crippen LogP) is 2.49. The molecule has 1 aliphatic carbocycles. The molecule has 0 saturated heterocycles. The topological polar surface area (TPSA) is 70.2 Å². The van der Waals surface area contributed by atoms with Gasteiger partial charge in [0, 0.05) is 13.1 Å². The summed E-state index contributed by atoms with van der Waals surface area (Å²) in [4.78, 5) is 23.3. The van der Waals surface area contributed by atoms with Gasteiger partial charge in [-0.1, -0.05) is 42.0 Å². The van der Waals surface area contributed by atoms with Crippen molar-refractivity contribution in [1.29, 1.82) is 0 Å². The highest BCUT2D eigenvalue weighted by molar-refractivity contribution is 5.83. The maximum atomic E-state index is 11.7. The van der Waals surface area contributed by atoms with Crippen molar-refractivity contribution in [1.82, 2.24) is 16.0 Å². The molecule has 124 valence electrons. The van der Waals surface area contributed by atoms with Gasteiger partial charge in [-0.25, -0.2) is 4.79 Å². The summed E-state index contributed by atoms with van der Waals surface area (Å²) in [5.41, 5.74) is 2.46. The fourth-order valence-corrected chi connectivity index (χ4v) is 2.56. The van der Waals surface area contributed by atoms with E-state index in [1.54, 1.807) is 0 Å². The summed E-state index contributed by atoms with van der Waals surface area (Å²) in [6.07, 6.45) is 8.03. The molecule has 1 aromatic carbocycles. The maximum absolute atomic E-state index is 11.7. The van der Waals surface area contributed by atoms with Crippen LogP contribution in [0.1, 0.15) is 37.7 Å². The molecule has 0 unspecified atom stereocenters. The summed E-state index contributed by atoms with van der Waals surface area (Å²) >= 11 is 0. The fourth-order valence-electron chi connectivity index (χ4n) is 2.56. The van der Waals surface area contributed by atoms with Crippen molar-refractivity contribution in [2.75, 3.05) is 13.1 Å². The zero-order chi connectivity index (χ0) is 16.3. The molecule has 23 heavy (non-hydrogen) atoms. The molecule has 5 nitrogen and oxygen atoms in total. The molecule has 0 atom stereocenters. The van der Waals surface area contributed by atoms with Crippen molar-refractivity contribution < 1.29 is 9.59 Å². The predicted molar refractivity (Wildman–Crippen MR) is 90.9 cm³/mol. The van der Waals surface area contributed by atoms with Gasteiger partial charge < -0.3 is 16.0 Å². The Morgan fingerprint density at radius 2 is 1.83 bits per heavy atom. The molecular weight excluding hydrogens is 290 g/mol. The Balaban J connectivity index is 1.54. The lowest BCUT2D eigenvalue weighted by Gasteiger charge is -2.13. The summed E-state index contributed by atoms with van der Waals surface area (Å²) in [7, 11) is 0. The molecule has 1 aliphatic rings. The van der Waals surface area contributed by atoms with Gasteiger partial charge in [0.2, 0.25) is 5.91 Å². The van der Waals surface area contributed by atoms with Crippen LogP contribution in [0.15, 0.2) is 42.0 Å². The number of urea groups is 1. The highest BCUT2D eigenvalue weighted by atomic mass is 16.2. The summed E-state index contributed by atoms with van der Waals surface area (Å²) < 4.78 is 0. The Bertz CT molecular complexity index is 540. The van der Waals surface area contributed by atoms with Gasteiger partial charge in [0.1, 0.15) is 0 Å². The molecule has 0 bridgehead atoms. The zero-order valence-electron chi connectivity index (χ0n) is 13.4. The number of carbonyl (C=O) groups is 2. The quantitative estimate of drug-likeness (QED) is 0.677. The second-order valence-corrected chi connectivity index (χ2v) is 5.73. The van der Waals surface area contributed by atoms with E-state index in [0.717, 1.165) is 24.8 Å². The largest absolute Gasteiger partial charge is 0.354 e. The van der Waals surface area contributed by atoms with E-state index < -0.39 is 0 Å². The van der Waals surface area contributed by atoms with Crippen LogP contribution in [0, 0.1) is 0 Å². The molecular formula is C18H25N3O2. The van der Waals surface area contributed by atoms with E-state index in [-0.39, 0.29) is 18.5 Å². The minimum atomic E-state index is -0.334. The standard InChI is InChI=1S/C18H25N3O2/c22-17(19-12-11-15-7-3-1-4-8-15)14-21-18(23)20-13-16-9-5-2-6-10-16/h2,5-7,9-10H,1,3-4,8,11-14H2,(H,19,22)(H2,20,21,23). The van der Waals surface area contributed by atoms with Crippen LogP contribution in [-0.4, -0.2) is 25.0 Å². The minimum absolute atomic E-state index is 0.000327. The number of carbonyl (C=O) groups excluding carboxylic acids is 2. The Hall–Kier alpha value is -2.30. The molecule has 1 aromatic rings. The van der Waals surface area contributed by atoms with Crippen molar-refractivity contribution in [2.24, 2.45) is 0 Å². The molecule has 0 heterocycles. The van der Waals surface area contributed by atoms with Crippen molar-refractivity contribution in [3.05, 3.63) is 47.5 Å². The third-order valence-corrected chi connectivity index (χ3v) is 3.86. The van der Waals surface area contributed by atoms with Crippen molar-refractivity contribution in [3.8, 4) is 0 Å². The van der Waals surface area contributed by atoms with Gasteiger partial charge in [-0.15, -0.1) is 0 Å². The van der Waals surface area contributed by atoms with E-state index in [9.17, 15) is 9.59 Å². The van der Waals surface area contributed by atoms with Crippen LogP contribution in [0.3, 0.4) is 0 Å². The van der Waals surface area contributed by atoms with E-state index >= 15 is 0 Å². The fraction of sp³-hybridized carbons (Fsp3) is 0.444. The number of nitrogens with one attached hydrogen (secondary N) is 3. The van der Waals surface area contributed by atoms with Crippen molar-refractivity contribution in [3.63, 3.8) is 0 Å². The third-order valence-electron chi connectivity index (χ3n) is 3.86. The number of rotatable bonds is 7. The van der Waals surface area contributed by atoms with Gasteiger partial charge in [0.05, 0.1) is 6.54 Å². The van der Waals surface area contributed by atoms with Gasteiger partial charge >= 0.3 is 6.03 Å². The number of amides is 3. The van der Waals surface area contributed by atoms with E-state index in [2.05, 4.69) is 22.0 Å². The van der Waals surface area contributed by atoms with Gasteiger partial charge in [-0.2, -0.15) is 0 Å². The van der Waals surface area contributed by atoms with Crippen LogP contribution in [-0.2, 0) is 11.3 Å². The third kappa shape index (κ3) is 7.00. The maximum Gasteiger partial charge on any atom is 0.315 e. The lowest BCUT2D eigenvalue weighted by atomic mass is 9.97. The lowest BCUT2D eigenvalue weighted by Crippen LogP contribution is -2.42. The van der Waals surface area contributed by atoms with Crippen LogP contribution in [0.4, 0.5) is 4.79 Å². The SMILES string of the molecule is O=C(CNC(=O)NCc1ccccc1)NCCC1=CCCCC1. The first-order valence-corrected chi connectivity index (χ1v) is 8.24. The van der Waals surface area contributed by atoms with Crippen molar-refractivity contribution >= 4 is 11.9 Å². The summed E-state index contributed by atoms with van der Waals surface area (Å²) in [6, 6.07) is 9.31. The lowest BCUT2D eigenvalue weighted by molar-refractivity contribution is -0.120. The van der Waals surface area contributed by atoms with Gasteiger partial charge in [-0.05, 0) is 37.7 Å². The monoisotopic (exact) mass is 315 g/mol. The number of hydrogen-bond donors (Lipinski definition) is 3. The summed E-state index contributed by atoms with van der Waals surface area (Å²) in [5, 5.41) is 8.12. The van der Waals surface area contributed by atoms with Crippen LogP contribution in [0.2, 0.25) is 0 Å². The minimum Gasteiger partial charge on any atom is -0.354 e. The van der Waals surface area contributed by atoms with E-state index in [0.29, 0.717) is 13.1 Å². The normalized spacial score (nSPS) is 13.8. The first-order valence-electron chi connectivity index (χ1n) is 8.24. The van der Waals surface area contributed by atoms with Crippen LogP contribution in [0.25, 0.3) is 0 Å². The summed E-state index contributed by atoms with van der Waals surface area (Å²) in [6.45, 7) is 1.08. The molecule has 0 aliphatic heterocycles. The Labute approximate surface area is 137 Å². The smallest absolute Gasteiger partial charge is 0.315 e. The average molecular weight is 315 g/mol. The number of hydrogen-bond acceptors (Lipinski definition) is 2. The molecule has 2 rings (SSSR count). The van der Waals surface area contributed by atoms with E-state index in [1.165, 1.54) is 18.4 Å². The first-order chi connectivity index (χ1) is 11.2. The number of benzene rings is 1. The van der Waals surface area contributed by atoms with Crippen LogP contribution >= 0.6 is 0 Å². The van der Waals surface area contributed by atoms with Crippen LogP contribution < -0.4 is 16.0 Å². The second-order valence-electron chi connectivity index (χ2n) is 5.73. The molecule has 5 heteroatoms. The molecule has 0 fully saturated rings. The average Bonchev–Trinajstić information content (AvgIpc) is 2.60. The Kier molecular flexibility index (Phi) is 7.17. The molecule has 0 spiro atoms. The second kappa shape index (κ2) is 9.66. The number of allylic oxidation sites excluding steroid dienone is 1. The highest BCUT2D eigenvalue weighted by Crippen LogP contribution is 2.19. The summed E-state index contributed by atoms with van der Waals surface area (Å²) in [5.74, 6) is -0.156. The molecule has 3 N–H and O–H groups in total. The molecule has 3 amide bonds. The Morgan fingerprint density at radius 1 is 1.00 bits per heavy atom. The molecule has 0 radical (unpaired) electrons. The highest BCUT2D eigenvalue weighted by Gasteiger charge is 2.06.